The Morgan fingerprint density at radius 1 is 1.05 bits per heavy atom. The van der Waals surface area contributed by atoms with Crippen LogP contribution >= 0.6 is 0 Å². The van der Waals surface area contributed by atoms with Crippen molar-refractivity contribution < 1.29 is 13.9 Å². The second-order valence-corrected chi connectivity index (χ2v) is 5.68. The topological polar surface area (TPSA) is 56.5 Å². The molecule has 0 aliphatic heterocycles. The standard InChI is InChI=1S/C18H16O4/c1-18(2,21-3)17(20)11-8-9-15-13(10-11)16(19)12-6-4-5-7-14(12)22-15/h4-10H,1-3H3. The molecule has 0 saturated carbocycles. The lowest BCUT2D eigenvalue weighted by atomic mass is 9.95. The zero-order chi connectivity index (χ0) is 15.9. The van der Waals surface area contributed by atoms with Crippen LogP contribution in [0.5, 0.6) is 0 Å². The monoisotopic (exact) mass is 296 g/mol. The molecule has 112 valence electrons. The summed E-state index contributed by atoms with van der Waals surface area (Å²) in [5.74, 6) is -0.176. The molecule has 4 nitrogen and oxygen atoms in total. The summed E-state index contributed by atoms with van der Waals surface area (Å²) in [6.07, 6.45) is 0. The third-order valence-corrected chi connectivity index (χ3v) is 3.90. The molecule has 0 saturated heterocycles. The quantitative estimate of drug-likeness (QED) is 0.548. The summed E-state index contributed by atoms with van der Waals surface area (Å²) in [6.45, 7) is 3.39. The van der Waals surface area contributed by atoms with Crippen molar-refractivity contribution in [1.29, 1.82) is 0 Å². The van der Waals surface area contributed by atoms with E-state index in [1.807, 2.05) is 6.07 Å². The number of carbonyl (C=O) groups excluding carboxylic acids is 1. The molecule has 1 heterocycles. The van der Waals surface area contributed by atoms with Crippen LogP contribution < -0.4 is 5.43 Å². The minimum absolute atomic E-state index is 0.137. The van der Waals surface area contributed by atoms with E-state index < -0.39 is 5.60 Å². The van der Waals surface area contributed by atoms with Gasteiger partial charge in [-0.1, -0.05) is 12.1 Å². The summed E-state index contributed by atoms with van der Waals surface area (Å²) in [7, 11) is 1.49. The molecule has 3 rings (SSSR count). The summed E-state index contributed by atoms with van der Waals surface area (Å²) in [5.41, 5.74) is 0.362. The van der Waals surface area contributed by atoms with E-state index in [9.17, 15) is 9.59 Å². The smallest absolute Gasteiger partial charge is 0.200 e. The largest absolute Gasteiger partial charge is 0.456 e. The second-order valence-electron chi connectivity index (χ2n) is 5.68. The molecule has 0 aliphatic carbocycles. The predicted octanol–water partition coefficient (Wildman–Crippen LogP) is 3.55. The molecule has 0 spiro atoms. The highest BCUT2D eigenvalue weighted by Crippen LogP contribution is 2.22. The summed E-state index contributed by atoms with van der Waals surface area (Å²) in [6, 6.07) is 12.0. The van der Waals surface area contributed by atoms with Crippen LogP contribution in [0.15, 0.2) is 51.7 Å². The van der Waals surface area contributed by atoms with Crippen LogP contribution in [0.2, 0.25) is 0 Å². The Hall–Kier alpha value is -2.46. The van der Waals surface area contributed by atoms with Crippen molar-refractivity contribution in [2.24, 2.45) is 0 Å². The molecule has 22 heavy (non-hydrogen) atoms. The van der Waals surface area contributed by atoms with E-state index in [4.69, 9.17) is 9.15 Å². The molecular formula is C18H16O4. The van der Waals surface area contributed by atoms with Crippen LogP contribution in [0, 0.1) is 0 Å². The van der Waals surface area contributed by atoms with Gasteiger partial charge < -0.3 is 9.15 Å². The van der Waals surface area contributed by atoms with E-state index >= 15 is 0 Å². The van der Waals surface area contributed by atoms with E-state index in [1.165, 1.54) is 7.11 Å². The van der Waals surface area contributed by atoms with Crippen LogP contribution in [0.1, 0.15) is 24.2 Å². The summed E-state index contributed by atoms with van der Waals surface area (Å²) in [5, 5.41) is 0.905. The highest BCUT2D eigenvalue weighted by Gasteiger charge is 2.28. The van der Waals surface area contributed by atoms with Crippen molar-refractivity contribution in [2.75, 3.05) is 7.11 Å². The molecule has 4 heteroatoms. The SMILES string of the molecule is COC(C)(C)C(=O)c1ccc2oc3ccccc3c(=O)c2c1. The molecule has 1 aromatic heterocycles. The van der Waals surface area contributed by atoms with E-state index in [1.54, 1.807) is 50.2 Å². The average molecular weight is 296 g/mol. The lowest BCUT2D eigenvalue weighted by molar-refractivity contribution is 0.0228. The maximum atomic E-state index is 12.6. The molecule has 0 atom stereocenters. The average Bonchev–Trinajstić information content (AvgIpc) is 2.54. The van der Waals surface area contributed by atoms with Gasteiger partial charge in [-0.25, -0.2) is 0 Å². The molecule has 0 N–H and O–H groups in total. The van der Waals surface area contributed by atoms with Crippen LogP contribution in [0.25, 0.3) is 21.9 Å². The van der Waals surface area contributed by atoms with E-state index in [2.05, 4.69) is 0 Å². The molecular weight excluding hydrogens is 280 g/mol. The molecule has 0 fully saturated rings. The molecule has 0 bridgehead atoms. The van der Waals surface area contributed by atoms with Crippen LogP contribution in [0.3, 0.4) is 0 Å². The first kappa shape index (κ1) is 14.5. The Morgan fingerprint density at radius 3 is 2.45 bits per heavy atom. The zero-order valence-corrected chi connectivity index (χ0v) is 12.7. The summed E-state index contributed by atoms with van der Waals surface area (Å²) < 4.78 is 10.9. The Kier molecular flexibility index (Phi) is 3.34. The van der Waals surface area contributed by atoms with Gasteiger partial charge in [0, 0.05) is 12.7 Å². The zero-order valence-electron chi connectivity index (χ0n) is 12.7. The van der Waals surface area contributed by atoms with Crippen molar-refractivity contribution in [3.63, 3.8) is 0 Å². The third-order valence-electron chi connectivity index (χ3n) is 3.90. The van der Waals surface area contributed by atoms with Crippen LogP contribution in [-0.4, -0.2) is 18.5 Å². The number of methoxy groups -OCH3 is 1. The number of hydrogen-bond acceptors (Lipinski definition) is 4. The van der Waals surface area contributed by atoms with Crippen molar-refractivity contribution in [1.82, 2.24) is 0 Å². The predicted molar refractivity (Wildman–Crippen MR) is 85.4 cm³/mol. The Balaban J connectivity index is 2.26. The lowest BCUT2D eigenvalue weighted by Gasteiger charge is -2.21. The number of ketones is 1. The van der Waals surface area contributed by atoms with Crippen molar-refractivity contribution in [3.05, 3.63) is 58.3 Å². The van der Waals surface area contributed by atoms with Crippen LogP contribution in [0.4, 0.5) is 0 Å². The number of fused-ring (bicyclic) bond motifs is 2. The minimum Gasteiger partial charge on any atom is -0.456 e. The van der Waals surface area contributed by atoms with Gasteiger partial charge in [-0.05, 0) is 44.2 Å². The van der Waals surface area contributed by atoms with Gasteiger partial charge in [0.05, 0.1) is 10.8 Å². The first-order chi connectivity index (χ1) is 10.4. The molecule has 0 aliphatic rings. The number of benzene rings is 2. The summed E-state index contributed by atoms with van der Waals surface area (Å²) in [4.78, 5) is 25.0. The number of carbonyl (C=O) groups is 1. The number of rotatable bonds is 3. The van der Waals surface area contributed by atoms with Gasteiger partial charge in [0.2, 0.25) is 5.43 Å². The lowest BCUT2D eigenvalue weighted by Crippen LogP contribution is -2.33. The van der Waals surface area contributed by atoms with Crippen LogP contribution in [-0.2, 0) is 4.74 Å². The van der Waals surface area contributed by atoms with Crippen molar-refractivity contribution in [2.45, 2.75) is 19.4 Å². The minimum atomic E-state index is -0.940. The van der Waals surface area contributed by atoms with Gasteiger partial charge in [-0.2, -0.15) is 0 Å². The molecule has 0 radical (unpaired) electrons. The number of hydrogen-bond donors (Lipinski definition) is 0. The maximum Gasteiger partial charge on any atom is 0.200 e. The highest BCUT2D eigenvalue weighted by atomic mass is 16.5. The fraction of sp³-hybridized carbons (Fsp3) is 0.222. The van der Waals surface area contributed by atoms with Gasteiger partial charge in [-0.3, -0.25) is 9.59 Å². The first-order valence-electron chi connectivity index (χ1n) is 6.99. The van der Waals surface area contributed by atoms with Gasteiger partial charge in [-0.15, -0.1) is 0 Å². The molecule has 0 unspecified atom stereocenters. The van der Waals surface area contributed by atoms with E-state index in [0.717, 1.165) is 0 Å². The van der Waals surface area contributed by atoms with E-state index in [-0.39, 0.29) is 11.2 Å². The Morgan fingerprint density at radius 2 is 1.73 bits per heavy atom. The van der Waals surface area contributed by atoms with E-state index in [0.29, 0.717) is 27.5 Å². The summed E-state index contributed by atoms with van der Waals surface area (Å²) >= 11 is 0. The van der Waals surface area contributed by atoms with Gasteiger partial charge >= 0.3 is 0 Å². The van der Waals surface area contributed by atoms with Crippen molar-refractivity contribution in [3.8, 4) is 0 Å². The normalized spacial score (nSPS) is 12.0. The number of Topliss-reactive ketones (excluding diaryl/α,β-unsaturated/α-hetero) is 1. The highest BCUT2D eigenvalue weighted by molar-refractivity contribution is 6.04. The second kappa shape index (κ2) is 5.07. The van der Waals surface area contributed by atoms with Crippen molar-refractivity contribution >= 4 is 27.7 Å². The first-order valence-corrected chi connectivity index (χ1v) is 6.99. The molecule has 3 aromatic rings. The number of ether oxygens (including phenoxy) is 1. The third kappa shape index (κ3) is 2.22. The Bertz CT molecular complexity index is 935. The fourth-order valence-corrected chi connectivity index (χ4v) is 2.38. The van der Waals surface area contributed by atoms with Gasteiger partial charge in [0.25, 0.3) is 0 Å². The fourth-order valence-electron chi connectivity index (χ4n) is 2.38. The maximum absolute atomic E-state index is 12.6. The van der Waals surface area contributed by atoms with Gasteiger partial charge in [0.1, 0.15) is 16.8 Å². The number of para-hydroxylation sites is 1. The molecule has 0 amide bonds. The molecule has 2 aromatic carbocycles. The Labute approximate surface area is 127 Å². The van der Waals surface area contributed by atoms with Gasteiger partial charge in [0.15, 0.2) is 5.78 Å².